The van der Waals surface area contributed by atoms with Gasteiger partial charge in [-0.05, 0) is 51.3 Å². The fourth-order valence-electron chi connectivity index (χ4n) is 3.11. The summed E-state index contributed by atoms with van der Waals surface area (Å²) in [4.78, 5) is 51.5. The number of methoxy groups -OCH3 is 1. The van der Waals surface area contributed by atoms with E-state index in [2.05, 4.69) is 15.4 Å². The summed E-state index contributed by atoms with van der Waals surface area (Å²) in [5.74, 6) is -2.04. The number of esters is 1. The number of hydrogen-bond acceptors (Lipinski definition) is 8. The summed E-state index contributed by atoms with van der Waals surface area (Å²) in [6, 6.07) is 2.86. The number of aliphatic hydroxyl groups is 1. The number of aliphatic hydroxyl groups excluding tert-OH is 1. The molecule has 1 aromatic carbocycles. The van der Waals surface area contributed by atoms with Gasteiger partial charge in [-0.15, -0.1) is 0 Å². The Labute approximate surface area is 192 Å². The van der Waals surface area contributed by atoms with E-state index in [-0.39, 0.29) is 11.8 Å². The molecule has 11 heteroatoms. The number of carbonyl (C=O) groups excluding carboxylic acids is 4. The van der Waals surface area contributed by atoms with Gasteiger partial charge in [0, 0.05) is 6.04 Å². The molecular formula is C22H31N3O8. The summed E-state index contributed by atoms with van der Waals surface area (Å²) in [5, 5.41) is 24.3. The summed E-state index contributed by atoms with van der Waals surface area (Å²) in [7, 11) is 1.18. The van der Waals surface area contributed by atoms with Gasteiger partial charge in [-0.1, -0.05) is 12.1 Å². The van der Waals surface area contributed by atoms with Gasteiger partial charge < -0.3 is 35.2 Å². The summed E-state index contributed by atoms with van der Waals surface area (Å²) >= 11 is 0. The number of amides is 3. The highest BCUT2D eigenvalue weighted by atomic mass is 16.6. The number of phenols is 1. The molecule has 3 amide bonds. The maximum atomic E-state index is 13.4. The largest absolute Gasteiger partial charge is 0.508 e. The molecule has 0 saturated heterocycles. The molecule has 1 aromatic rings. The van der Waals surface area contributed by atoms with Crippen molar-refractivity contribution in [3.05, 3.63) is 29.8 Å². The van der Waals surface area contributed by atoms with Crippen LogP contribution < -0.4 is 10.6 Å². The molecule has 4 N–H and O–H groups in total. The molecule has 1 fully saturated rings. The second-order valence-electron chi connectivity index (χ2n) is 8.65. The first-order chi connectivity index (χ1) is 15.5. The van der Waals surface area contributed by atoms with Crippen molar-refractivity contribution in [2.75, 3.05) is 20.3 Å². The van der Waals surface area contributed by atoms with Crippen molar-refractivity contribution >= 4 is 23.9 Å². The molecular weight excluding hydrogens is 434 g/mol. The smallest absolute Gasteiger partial charge is 0.408 e. The Morgan fingerprint density at radius 3 is 2.24 bits per heavy atom. The van der Waals surface area contributed by atoms with Crippen molar-refractivity contribution in [1.82, 2.24) is 15.5 Å². The van der Waals surface area contributed by atoms with Crippen LogP contribution in [0, 0.1) is 0 Å². The van der Waals surface area contributed by atoms with Gasteiger partial charge in [0.25, 0.3) is 0 Å². The van der Waals surface area contributed by atoms with Crippen molar-refractivity contribution < 1.29 is 38.9 Å². The molecule has 33 heavy (non-hydrogen) atoms. The fraction of sp³-hybridized carbons (Fsp3) is 0.545. The first kappa shape index (κ1) is 25.9. The third-order valence-corrected chi connectivity index (χ3v) is 4.74. The number of hydrogen-bond donors (Lipinski definition) is 4. The zero-order chi connectivity index (χ0) is 24.8. The molecule has 2 rings (SSSR count). The molecule has 2 unspecified atom stereocenters. The quantitative estimate of drug-likeness (QED) is 0.387. The molecule has 1 aliphatic rings. The lowest BCUT2D eigenvalue weighted by atomic mass is 10.0. The van der Waals surface area contributed by atoms with E-state index < -0.39 is 54.7 Å². The summed E-state index contributed by atoms with van der Waals surface area (Å²) in [6.45, 7) is 3.85. The van der Waals surface area contributed by atoms with Gasteiger partial charge in [0.2, 0.25) is 11.8 Å². The van der Waals surface area contributed by atoms with Crippen LogP contribution in [0.15, 0.2) is 24.3 Å². The summed E-state index contributed by atoms with van der Waals surface area (Å²) in [5.41, 5.74) is -0.435. The van der Waals surface area contributed by atoms with Gasteiger partial charge in [0.15, 0.2) is 0 Å². The molecule has 0 spiro atoms. The first-order valence-electron chi connectivity index (χ1n) is 10.5. The van der Waals surface area contributed by atoms with E-state index >= 15 is 0 Å². The van der Waals surface area contributed by atoms with Gasteiger partial charge >= 0.3 is 12.1 Å². The minimum absolute atomic E-state index is 0.0309. The van der Waals surface area contributed by atoms with Crippen molar-refractivity contribution in [3.63, 3.8) is 0 Å². The minimum atomic E-state index is -1.35. The molecule has 182 valence electrons. The Kier molecular flexibility index (Phi) is 8.63. The van der Waals surface area contributed by atoms with Crippen LogP contribution >= 0.6 is 0 Å². The van der Waals surface area contributed by atoms with Crippen molar-refractivity contribution in [1.29, 1.82) is 0 Å². The van der Waals surface area contributed by atoms with Crippen molar-refractivity contribution in [2.45, 2.75) is 57.3 Å². The monoisotopic (exact) mass is 465 g/mol. The minimum Gasteiger partial charge on any atom is -0.508 e. The maximum absolute atomic E-state index is 13.4. The predicted octanol–water partition coefficient (Wildman–Crippen LogP) is 0.599. The SMILES string of the molecule is COC(=O)CNC(=O)C(c1ccc(O)cc1)N(C(=O)C(CO)NC(=O)OC(C)(C)C)C1CC1. The molecule has 0 bridgehead atoms. The van der Waals surface area contributed by atoms with Crippen molar-refractivity contribution in [3.8, 4) is 5.75 Å². The van der Waals surface area contributed by atoms with Gasteiger partial charge in [-0.25, -0.2) is 4.79 Å². The number of benzene rings is 1. The van der Waals surface area contributed by atoms with Crippen LogP contribution in [0.25, 0.3) is 0 Å². The lowest BCUT2D eigenvalue weighted by Gasteiger charge is -2.34. The number of ether oxygens (including phenoxy) is 2. The third kappa shape index (κ3) is 7.63. The fourth-order valence-corrected chi connectivity index (χ4v) is 3.11. The van der Waals surface area contributed by atoms with Gasteiger partial charge in [-0.3, -0.25) is 14.4 Å². The first-order valence-corrected chi connectivity index (χ1v) is 10.5. The second-order valence-corrected chi connectivity index (χ2v) is 8.65. The highest BCUT2D eigenvalue weighted by Crippen LogP contribution is 2.36. The molecule has 0 aromatic heterocycles. The lowest BCUT2D eigenvalue weighted by Crippen LogP contribution is -2.55. The number of nitrogens with one attached hydrogen (secondary N) is 2. The topological polar surface area (TPSA) is 154 Å². The van der Waals surface area contributed by atoms with E-state index in [0.29, 0.717) is 18.4 Å². The summed E-state index contributed by atoms with van der Waals surface area (Å²) in [6.07, 6.45) is 0.353. The molecule has 0 aliphatic heterocycles. The molecule has 0 radical (unpaired) electrons. The highest BCUT2D eigenvalue weighted by Gasteiger charge is 2.44. The van der Waals surface area contributed by atoms with E-state index in [1.165, 1.54) is 36.3 Å². The molecule has 11 nitrogen and oxygen atoms in total. The number of carbonyl (C=O) groups is 4. The van der Waals surface area contributed by atoms with Gasteiger partial charge in [0.1, 0.15) is 30.0 Å². The van der Waals surface area contributed by atoms with Crippen LogP contribution in [0.2, 0.25) is 0 Å². The maximum Gasteiger partial charge on any atom is 0.408 e. The van der Waals surface area contributed by atoms with E-state index in [9.17, 15) is 29.4 Å². The van der Waals surface area contributed by atoms with Crippen LogP contribution in [0.5, 0.6) is 5.75 Å². The van der Waals surface area contributed by atoms with Crippen LogP contribution in [-0.4, -0.2) is 76.9 Å². The highest BCUT2D eigenvalue weighted by molar-refractivity contribution is 5.93. The molecule has 1 aliphatic carbocycles. The van der Waals surface area contributed by atoms with Crippen LogP contribution in [0.1, 0.15) is 45.2 Å². The predicted molar refractivity (Wildman–Crippen MR) is 116 cm³/mol. The average molecular weight is 466 g/mol. The normalized spacial score (nSPS) is 15.1. The third-order valence-electron chi connectivity index (χ3n) is 4.74. The van der Waals surface area contributed by atoms with Gasteiger partial charge in [0.05, 0.1) is 13.7 Å². The number of aromatic hydroxyl groups is 1. The van der Waals surface area contributed by atoms with Crippen LogP contribution in [0.4, 0.5) is 4.79 Å². The van der Waals surface area contributed by atoms with Crippen LogP contribution in [0.3, 0.4) is 0 Å². The van der Waals surface area contributed by atoms with Gasteiger partial charge in [-0.2, -0.15) is 0 Å². The van der Waals surface area contributed by atoms with E-state index in [4.69, 9.17) is 4.74 Å². The Balaban J connectivity index is 2.34. The average Bonchev–Trinajstić information content (AvgIpc) is 3.58. The zero-order valence-electron chi connectivity index (χ0n) is 19.2. The summed E-state index contributed by atoms with van der Waals surface area (Å²) < 4.78 is 9.72. The Hall–Kier alpha value is -3.34. The van der Waals surface area contributed by atoms with Crippen molar-refractivity contribution in [2.24, 2.45) is 0 Å². The Morgan fingerprint density at radius 2 is 1.76 bits per heavy atom. The second kappa shape index (κ2) is 11.0. The standard InChI is InChI=1S/C22H31N3O8/c1-22(2,3)33-21(31)24-16(12-26)20(30)25(14-7-8-14)18(13-5-9-15(27)10-6-13)19(29)23-11-17(28)32-4/h5-6,9-10,14,16,18,26-27H,7-8,11-12H2,1-4H3,(H,23,29)(H,24,31). The van der Waals surface area contributed by atoms with E-state index in [0.717, 1.165) is 0 Å². The number of alkyl carbamates (subject to hydrolysis) is 1. The molecule has 0 heterocycles. The Morgan fingerprint density at radius 1 is 1.15 bits per heavy atom. The zero-order valence-corrected chi connectivity index (χ0v) is 19.2. The van der Waals surface area contributed by atoms with E-state index in [1.807, 2.05) is 0 Å². The lowest BCUT2D eigenvalue weighted by molar-refractivity contribution is -0.145. The molecule has 1 saturated carbocycles. The number of phenolic OH excluding ortho intramolecular Hbond substituents is 1. The number of rotatable bonds is 9. The van der Waals surface area contributed by atoms with E-state index in [1.54, 1.807) is 20.8 Å². The van der Waals surface area contributed by atoms with Crippen LogP contribution in [-0.2, 0) is 23.9 Å². The number of nitrogens with zero attached hydrogens (tertiary/aromatic N) is 1. The Bertz CT molecular complexity index is 861. The molecule has 2 atom stereocenters.